The molecule has 2 aromatic carbocycles. The summed E-state index contributed by atoms with van der Waals surface area (Å²) >= 11 is 5.35. The summed E-state index contributed by atoms with van der Waals surface area (Å²) in [5, 5.41) is 7.78. The summed E-state index contributed by atoms with van der Waals surface area (Å²) in [7, 11) is -5.16. The van der Waals surface area contributed by atoms with Gasteiger partial charge >= 0.3 is 22.1 Å². The highest BCUT2D eigenvalue weighted by Gasteiger charge is 2.34. The van der Waals surface area contributed by atoms with E-state index >= 15 is 0 Å². The molecule has 1 unspecified atom stereocenters. The minimum absolute atomic E-state index is 0.0599. The van der Waals surface area contributed by atoms with Crippen molar-refractivity contribution in [3.05, 3.63) is 65.2 Å². The molecule has 1 atom stereocenters. The molecule has 0 aliphatic carbocycles. The second-order valence-electron chi connectivity index (χ2n) is 6.08. The van der Waals surface area contributed by atoms with Crippen LogP contribution in [0.5, 0.6) is 5.75 Å². The SMILES string of the molecule is O=C(Oc1c(C(=O)O)c(S(=O)(=O)OC(Cl)CF)nc2cc(F)c(F)cc12)c1ccccc1. The summed E-state index contributed by atoms with van der Waals surface area (Å²) in [6.07, 6.45) is 0. The molecule has 0 saturated carbocycles. The normalized spacial score (nSPS) is 12.5. The molecular weight excluding hydrogens is 479 g/mol. The van der Waals surface area contributed by atoms with Gasteiger partial charge in [-0.25, -0.2) is 31.9 Å². The van der Waals surface area contributed by atoms with E-state index in [1.54, 1.807) is 6.07 Å². The molecule has 168 valence electrons. The van der Waals surface area contributed by atoms with Gasteiger partial charge in [-0.15, -0.1) is 0 Å². The number of hydrogen-bond acceptors (Lipinski definition) is 7. The van der Waals surface area contributed by atoms with Gasteiger partial charge in [-0.2, -0.15) is 8.42 Å². The second-order valence-corrected chi connectivity index (χ2v) is 8.05. The van der Waals surface area contributed by atoms with E-state index in [1.807, 2.05) is 0 Å². The standard InChI is InChI=1S/C19H11ClF3NO7S/c20-14(8-21)31-32(28,29)17-15(18(25)26)16(30-19(27)9-4-2-1-3-5-9)10-6-11(22)12(23)7-13(10)24-17/h1-7,14H,8H2,(H,25,26). The third-order valence-corrected chi connectivity index (χ3v) is 5.52. The Labute approximate surface area is 183 Å². The van der Waals surface area contributed by atoms with Crippen molar-refractivity contribution in [3.63, 3.8) is 0 Å². The van der Waals surface area contributed by atoms with Crippen LogP contribution >= 0.6 is 11.6 Å². The van der Waals surface area contributed by atoms with E-state index in [4.69, 9.17) is 16.3 Å². The van der Waals surface area contributed by atoms with E-state index in [0.717, 1.165) is 0 Å². The smallest absolute Gasteiger partial charge is 0.343 e. The number of aromatic carboxylic acids is 1. The molecule has 0 radical (unpaired) electrons. The topological polar surface area (TPSA) is 120 Å². The van der Waals surface area contributed by atoms with Gasteiger partial charge in [-0.3, -0.25) is 0 Å². The monoisotopic (exact) mass is 489 g/mol. The molecule has 3 rings (SSSR count). The molecule has 0 fully saturated rings. The van der Waals surface area contributed by atoms with Crippen molar-refractivity contribution < 1.29 is 45.2 Å². The fourth-order valence-electron chi connectivity index (χ4n) is 2.62. The van der Waals surface area contributed by atoms with Crippen LogP contribution in [-0.2, 0) is 14.3 Å². The quantitative estimate of drug-likeness (QED) is 0.303. The predicted molar refractivity (Wildman–Crippen MR) is 104 cm³/mol. The van der Waals surface area contributed by atoms with Crippen LogP contribution < -0.4 is 4.74 Å². The first-order valence-electron chi connectivity index (χ1n) is 8.51. The highest BCUT2D eigenvalue weighted by Crippen LogP contribution is 2.36. The molecule has 8 nitrogen and oxygen atoms in total. The molecule has 1 heterocycles. The van der Waals surface area contributed by atoms with Gasteiger partial charge in [0, 0.05) is 11.5 Å². The van der Waals surface area contributed by atoms with Gasteiger partial charge in [-0.1, -0.05) is 29.8 Å². The second kappa shape index (κ2) is 9.10. The van der Waals surface area contributed by atoms with Crippen LogP contribution in [0.1, 0.15) is 20.7 Å². The van der Waals surface area contributed by atoms with Crippen LogP contribution in [0.15, 0.2) is 47.5 Å². The molecule has 0 aliphatic heterocycles. The predicted octanol–water partition coefficient (Wildman–Crippen LogP) is 3.67. The van der Waals surface area contributed by atoms with Crippen LogP contribution in [-0.4, -0.2) is 42.7 Å². The number of carbonyl (C=O) groups is 2. The van der Waals surface area contributed by atoms with Crippen molar-refractivity contribution in [1.29, 1.82) is 0 Å². The zero-order valence-electron chi connectivity index (χ0n) is 15.6. The molecule has 0 saturated heterocycles. The molecule has 0 spiro atoms. The van der Waals surface area contributed by atoms with Crippen LogP contribution in [0, 0.1) is 11.6 Å². The van der Waals surface area contributed by atoms with Gasteiger partial charge in [0.2, 0.25) is 5.03 Å². The average Bonchev–Trinajstić information content (AvgIpc) is 2.74. The molecule has 1 aromatic heterocycles. The number of fused-ring (bicyclic) bond motifs is 1. The number of hydrogen-bond donors (Lipinski definition) is 1. The summed E-state index contributed by atoms with van der Waals surface area (Å²) < 4.78 is 74.8. The first-order valence-corrected chi connectivity index (χ1v) is 10.4. The number of nitrogens with zero attached hydrogens (tertiary/aromatic N) is 1. The fourth-order valence-corrected chi connectivity index (χ4v) is 3.96. The molecule has 32 heavy (non-hydrogen) atoms. The Kier molecular flexibility index (Phi) is 6.67. The van der Waals surface area contributed by atoms with Crippen molar-refractivity contribution in [1.82, 2.24) is 4.98 Å². The molecule has 0 amide bonds. The number of carboxylic acid groups (broad SMARTS) is 1. The lowest BCUT2D eigenvalue weighted by Crippen LogP contribution is -2.21. The lowest BCUT2D eigenvalue weighted by molar-refractivity contribution is 0.0676. The summed E-state index contributed by atoms with van der Waals surface area (Å²) in [5.74, 6) is -6.93. The number of ether oxygens (including phenoxy) is 1. The largest absolute Gasteiger partial charge is 0.477 e. The highest BCUT2D eigenvalue weighted by atomic mass is 35.5. The van der Waals surface area contributed by atoms with Gasteiger partial charge in [0.05, 0.1) is 11.1 Å². The van der Waals surface area contributed by atoms with E-state index in [-0.39, 0.29) is 5.56 Å². The van der Waals surface area contributed by atoms with Crippen LogP contribution in [0.2, 0.25) is 0 Å². The number of aromatic nitrogens is 1. The lowest BCUT2D eigenvalue weighted by Gasteiger charge is -2.15. The van der Waals surface area contributed by atoms with Crippen molar-refractivity contribution >= 4 is 44.6 Å². The average molecular weight is 490 g/mol. The van der Waals surface area contributed by atoms with E-state index in [9.17, 15) is 36.3 Å². The Balaban J connectivity index is 2.33. The van der Waals surface area contributed by atoms with E-state index in [2.05, 4.69) is 9.17 Å². The molecule has 1 N–H and O–H groups in total. The molecule has 13 heteroatoms. The number of esters is 1. The van der Waals surface area contributed by atoms with Crippen molar-refractivity contribution in [2.24, 2.45) is 0 Å². The Morgan fingerprint density at radius 2 is 1.75 bits per heavy atom. The maximum atomic E-state index is 13.9. The Bertz CT molecular complexity index is 1320. The molecular formula is C19H11ClF3NO7S. The zero-order valence-corrected chi connectivity index (χ0v) is 17.2. The highest BCUT2D eigenvalue weighted by molar-refractivity contribution is 7.86. The van der Waals surface area contributed by atoms with Gasteiger partial charge in [0.25, 0.3) is 0 Å². The Morgan fingerprint density at radius 1 is 1.12 bits per heavy atom. The number of rotatable bonds is 7. The first-order chi connectivity index (χ1) is 15.0. The van der Waals surface area contributed by atoms with E-state index in [1.165, 1.54) is 24.3 Å². The van der Waals surface area contributed by atoms with Gasteiger partial charge in [0.15, 0.2) is 22.9 Å². The maximum Gasteiger partial charge on any atom is 0.343 e. The van der Waals surface area contributed by atoms with E-state index < -0.39 is 73.2 Å². The molecule has 3 aromatic rings. The van der Waals surface area contributed by atoms with Crippen LogP contribution in [0.3, 0.4) is 0 Å². The number of halogens is 4. The number of carbonyl (C=O) groups excluding carboxylic acids is 1. The van der Waals surface area contributed by atoms with Gasteiger partial charge < -0.3 is 9.84 Å². The zero-order chi connectivity index (χ0) is 23.6. The molecule has 0 bridgehead atoms. The Morgan fingerprint density at radius 3 is 2.34 bits per heavy atom. The third-order valence-electron chi connectivity index (χ3n) is 3.95. The van der Waals surface area contributed by atoms with Crippen molar-refractivity contribution in [2.45, 2.75) is 10.6 Å². The summed E-state index contributed by atoms with van der Waals surface area (Å²) in [6.45, 7) is -1.47. The Hall–Kier alpha value is -3.22. The lowest BCUT2D eigenvalue weighted by atomic mass is 10.1. The number of carboxylic acids is 1. The number of benzene rings is 2. The summed E-state index contributed by atoms with van der Waals surface area (Å²) in [6, 6.07) is 8.09. The first kappa shape index (κ1) is 23.4. The van der Waals surface area contributed by atoms with Crippen molar-refractivity contribution in [2.75, 3.05) is 6.67 Å². The molecule has 0 aliphatic rings. The van der Waals surface area contributed by atoms with Crippen molar-refractivity contribution in [3.8, 4) is 5.75 Å². The number of alkyl halides is 2. The summed E-state index contributed by atoms with van der Waals surface area (Å²) in [4.78, 5) is 28.0. The van der Waals surface area contributed by atoms with Crippen LogP contribution in [0.25, 0.3) is 10.9 Å². The maximum absolute atomic E-state index is 13.9. The van der Waals surface area contributed by atoms with E-state index in [0.29, 0.717) is 12.1 Å². The minimum atomic E-state index is -5.16. The number of pyridine rings is 1. The van der Waals surface area contributed by atoms with Gasteiger partial charge in [0.1, 0.15) is 12.2 Å². The fraction of sp³-hybridized carbons (Fsp3) is 0.105. The third kappa shape index (κ3) is 4.66. The van der Waals surface area contributed by atoms with Crippen LogP contribution in [0.4, 0.5) is 13.2 Å². The minimum Gasteiger partial charge on any atom is -0.477 e. The van der Waals surface area contributed by atoms with Gasteiger partial charge in [-0.05, 0) is 18.2 Å². The summed E-state index contributed by atoms with van der Waals surface area (Å²) in [5.41, 5.74) is -3.90.